The number of carbonyl (C=O) groups excluding carboxylic acids is 1. The van der Waals surface area contributed by atoms with Crippen LogP contribution < -0.4 is 5.32 Å². The maximum absolute atomic E-state index is 11.8. The average molecular weight is 325 g/mol. The summed E-state index contributed by atoms with van der Waals surface area (Å²) in [7, 11) is 0. The van der Waals surface area contributed by atoms with Crippen molar-refractivity contribution >= 4 is 34.2 Å². The molecule has 0 saturated heterocycles. The number of carbonyl (C=O) groups is 1. The van der Waals surface area contributed by atoms with Crippen molar-refractivity contribution in [3.05, 3.63) is 41.0 Å². The third kappa shape index (κ3) is 1.57. The van der Waals surface area contributed by atoms with Gasteiger partial charge in [-0.25, -0.2) is 0 Å². The molecule has 82 valence electrons. The summed E-state index contributed by atoms with van der Waals surface area (Å²) in [5.41, 5.74) is 5.05. The number of hydrogen-bond acceptors (Lipinski definition) is 1. The number of alkyl halides is 1. The van der Waals surface area contributed by atoms with Crippen LogP contribution >= 0.6 is 22.6 Å². The van der Waals surface area contributed by atoms with E-state index in [0.717, 1.165) is 25.0 Å². The van der Waals surface area contributed by atoms with Crippen LogP contribution in [0.25, 0.3) is 5.70 Å². The van der Waals surface area contributed by atoms with E-state index in [2.05, 4.69) is 46.1 Å². The third-order valence-electron chi connectivity index (χ3n) is 3.28. The molecule has 1 aliphatic carbocycles. The fraction of sp³-hybridized carbons (Fsp3) is 0.308. The van der Waals surface area contributed by atoms with E-state index in [1.807, 2.05) is 6.07 Å². The Kier molecular flexibility index (Phi) is 2.50. The Morgan fingerprint density at radius 3 is 3.00 bits per heavy atom. The average Bonchev–Trinajstić information content (AvgIpc) is 2.58. The Balaban J connectivity index is 2.03. The molecule has 0 aromatic heterocycles. The van der Waals surface area contributed by atoms with Crippen molar-refractivity contribution in [2.45, 2.75) is 23.2 Å². The number of fused-ring (bicyclic) bond motifs is 2. The Bertz CT molecular complexity index is 492. The van der Waals surface area contributed by atoms with Crippen LogP contribution in [0.1, 0.15) is 24.0 Å². The number of rotatable bonds is 0. The van der Waals surface area contributed by atoms with Crippen LogP contribution in [0.2, 0.25) is 0 Å². The first-order valence-corrected chi connectivity index (χ1v) is 6.75. The minimum absolute atomic E-state index is 0.107. The second kappa shape index (κ2) is 3.87. The van der Waals surface area contributed by atoms with E-state index < -0.39 is 0 Å². The Hall–Kier alpha value is -0.840. The Labute approximate surface area is 108 Å². The molecule has 1 atom stereocenters. The highest BCUT2D eigenvalue weighted by Crippen LogP contribution is 2.35. The topological polar surface area (TPSA) is 29.1 Å². The smallest absolute Gasteiger partial charge is 0.237 e. The van der Waals surface area contributed by atoms with Crippen molar-refractivity contribution in [1.29, 1.82) is 0 Å². The molecule has 3 heteroatoms. The molecule has 0 spiro atoms. The summed E-state index contributed by atoms with van der Waals surface area (Å²) in [5.74, 6) is 0.155. The molecule has 1 aromatic carbocycles. The minimum Gasteiger partial charge on any atom is -0.325 e. The van der Waals surface area contributed by atoms with Crippen molar-refractivity contribution in [3.63, 3.8) is 0 Å². The van der Waals surface area contributed by atoms with E-state index in [-0.39, 0.29) is 9.83 Å². The quantitative estimate of drug-likeness (QED) is 0.577. The molecule has 1 N–H and O–H groups in total. The van der Waals surface area contributed by atoms with Crippen LogP contribution in [0.4, 0.5) is 0 Å². The number of benzene rings is 1. The van der Waals surface area contributed by atoms with Crippen molar-refractivity contribution in [1.82, 2.24) is 5.32 Å². The first kappa shape index (κ1) is 10.3. The summed E-state index contributed by atoms with van der Waals surface area (Å²) in [6, 6.07) is 8.35. The van der Waals surface area contributed by atoms with Gasteiger partial charge in [0.1, 0.15) is 0 Å². The lowest BCUT2D eigenvalue weighted by molar-refractivity contribution is -0.119. The van der Waals surface area contributed by atoms with E-state index in [1.165, 1.54) is 16.7 Å². The van der Waals surface area contributed by atoms with Gasteiger partial charge in [0.15, 0.2) is 0 Å². The molecule has 1 amide bonds. The van der Waals surface area contributed by atoms with E-state index >= 15 is 0 Å². The summed E-state index contributed by atoms with van der Waals surface area (Å²) in [6.07, 6.45) is 3.00. The van der Waals surface area contributed by atoms with Crippen LogP contribution in [0, 0.1) is 0 Å². The van der Waals surface area contributed by atoms with E-state index in [0.29, 0.717) is 0 Å². The van der Waals surface area contributed by atoms with Crippen LogP contribution in [0.5, 0.6) is 0 Å². The van der Waals surface area contributed by atoms with Crippen molar-refractivity contribution in [3.8, 4) is 0 Å². The lowest BCUT2D eigenvalue weighted by Gasteiger charge is -2.09. The first-order chi connectivity index (χ1) is 7.75. The van der Waals surface area contributed by atoms with Gasteiger partial charge in [0.05, 0.1) is 3.92 Å². The summed E-state index contributed by atoms with van der Waals surface area (Å²) < 4.78 is 0.107. The molecule has 0 bridgehead atoms. The van der Waals surface area contributed by atoms with Gasteiger partial charge in [0, 0.05) is 11.3 Å². The molecule has 0 saturated carbocycles. The van der Waals surface area contributed by atoms with Crippen molar-refractivity contribution < 1.29 is 4.79 Å². The molecule has 1 aliphatic heterocycles. The molecule has 2 nitrogen and oxygen atoms in total. The van der Waals surface area contributed by atoms with Gasteiger partial charge in [0.2, 0.25) is 5.91 Å². The predicted octanol–water partition coefficient (Wildman–Crippen LogP) is 2.67. The van der Waals surface area contributed by atoms with Crippen molar-refractivity contribution in [2.75, 3.05) is 0 Å². The monoisotopic (exact) mass is 325 g/mol. The maximum Gasteiger partial charge on any atom is 0.237 e. The fourth-order valence-electron chi connectivity index (χ4n) is 2.43. The van der Waals surface area contributed by atoms with Gasteiger partial charge in [-0.3, -0.25) is 4.79 Å². The molecule has 1 aromatic rings. The molecular formula is C13H12INO. The molecule has 0 radical (unpaired) electrons. The predicted molar refractivity (Wildman–Crippen MR) is 72.3 cm³/mol. The summed E-state index contributed by atoms with van der Waals surface area (Å²) >= 11 is 2.23. The summed E-state index contributed by atoms with van der Waals surface area (Å²) in [6.45, 7) is 0. The van der Waals surface area contributed by atoms with Crippen molar-refractivity contribution in [2.24, 2.45) is 0 Å². The van der Waals surface area contributed by atoms with E-state index in [1.54, 1.807) is 0 Å². The normalized spacial score (nSPS) is 23.6. The van der Waals surface area contributed by atoms with Gasteiger partial charge in [-0.1, -0.05) is 46.9 Å². The van der Waals surface area contributed by atoms with Crippen LogP contribution in [-0.2, 0) is 11.2 Å². The lowest BCUT2D eigenvalue weighted by atomic mass is 10.1. The van der Waals surface area contributed by atoms with Gasteiger partial charge in [-0.2, -0.15) is 0 Å². The number of amides is 1. The van der Waals surface area contributed by atoms with Gasteiger partial charge in [-0.05, 0) is 30.4 Å². The molecule has 3 rings (SSSR count). The lowest BCUT2D eigenvalue weighted by Crippen LogP contribution is -2.27. The van der Waals surface area contributed by atoms with Gasteiger partial charge in [-0.15, -0.1) is 0 Å². The standard InChI is InChI=1S/C13H12INO/c14-11-6-5-9-7-8-3-1-2-4-10(8)12(9)15-13(11)16/h1-4,11H,5-7H2,(H,15,16). The molecule has 16 heavy (non-hydrogen) atoms. The molecular weight excluding hydrogens is 313 g/mol. The second-order valence-electron chi connectivity index (χ2n) is 4.31. The molecule has 2 aliphatic rings. The van der Waals surface area contributed by atoms with E-state index in [4.69, 9.17) is 0 Å². The molecule has 1 unspecified atom stereocenters. The van der Waals surface area contributed by atoms with Gasteiger partial charge < -0.3 is 5.32 Å². The third-order valence-corrected chi connectivity index (χ3v) is 4.46. The number of nitrogens with one attached hydrogen (secondary N) is 1. The summed E-state index contributed by atoms with van der Waals surface area (Å²) in [4.78, 5) is 11.8. The molecule has 0 fully saturated rings. The highest BCUT2D eigenvalue weighted by atomic mass is 127. The number of halogens is 1. The zero-order valence-electron chi connectivity index (χ0n) is 8.79. The highest BCUT2D eigenvalue weighted by molar-refractivity contribution is 14.1. The Morgan fingerprint density at radius 2 is 2.12 bits per heavy atom. The first-order valence-electron chi connectivity index (χ1n) is 5.51. The van der Waals surface area contributed by atoms with E-state index in [9.17, 15) is 4.79 Å². The van der Waals surface area contributed by atoms with Crippen LogP contribution in [0.15, 0.2) is 29.8 Å². The van der Waals surface area contributed by atoms with Crippen LogP contribution in [-0.4, -0.2) is 9.83 Å². The summed E-state index contributed by atoms with van der Waals surface area (Å²) in [5, 5.41) is 3.08. The minimum atomic E-state index is 0.107. The SMILES string of the molecule is O=C1NC2=C(CCC1I)Cc1ccccc12. The highest BCUT2D eigenvalue weighted by Gasteiger charge is 2.28. The van der Waals surface area contributed by atoms with Crippen LogP contribution in [0.3, 0.4) is 0 Å². The van der Waals surface area contributed by atoms with Gasteiger partial charge >= 0.3 is 0 Å². The maximum atomic E-state index is 11.8. The second-order valence-corrected chi connectivity index (χ2v) is 5.81. The fourth-order valence-corrected chi connectivity index (χ4v) is 2.90. The largest absolute Gasteiger partial charge is 0.325 e. The van der Waals surface area contributed by atoms with Gasteiger partial charge in [0.25, 0.3) is 0 Å². The number of allylic oxidation sites excluding steroid dienone is 1. The number of hydrogen-bond donors (Lipinski definition) is 1. The molecule has 1 heterocycles. The zero-order valence-corrected chi connectivity index (χ0v) is 11.0. The Morgan fingerprint density at radius 1 is 1.31 bits per heavy atom. The zero-order chi connectivity index (χ0) is 11.1.